The second-order valence-electron chi connectivity index (χ2n) is 6.58. The Morgan fingerprint density at radius 1 is 1.21 bits per heavy atom. The Hall–Kier alpha value is -0.520. The molecule has 19 heavy (non-hydrogen) atoms. The van der Waals surface area contributed by atoms with Gasteiger partial charge in [0.05, 0.1) is 5.60 Å². The predicted molar refractivity (Wildman–Crippen MR) is 82.1 cm³/mol. The third-order valence-electron chi connectivity index (χ3n) is 4.48. The molecule has 1 aliphatic rings. The summed E-state index contributed by atoms with van der Waals surface area (Å²) in [4.78, 5) is 0. The minimum atomic E-state index is -0.0498. The van der Waals surface area contributed by atoms with Crippen molar-refractivity contribution >= 4 is 0 Å². The van der Waals surface area contributed by atoms with Gasteiger partial charge in [0.2, 0.25) is 0 Å². The Labute approximate surface area is 119 Å². The molecule has 1 atom stereocenters. The van der Waals surface area contributed by atoms with Crippen LogP contribution in [0.15, 0.2) is 0 Å². The van der Waals surface area contributed by atoms with Crippen LogP contribution in [0.3, 0.4) is 0 Å². The van der Waals surface area contributed by atoms with Crippen LogP contribution in [0, 0.1) is 17.8 Å². The molecule has 0 aromatic heterocycles. The smallest absolute Gasteiger partial charge is 0.0844 e. The van der Waals surface area contributed by atoms with Crippen molar-refractivity contribution < 1.29 is 4.74 Å². The molecule has 1 unspecified atom stereocenters. The van der Waals surface area contributed by atoms with Crippen LogP contribution in [-0.4, -0.2) is 24.8 Å². The molecule has 0 aromatic carbocycles. The molecule has 1 saturated carbocycles. The van der Waals surface area contributed by atoms with Crippen LogP contribution in [0.4, 0.5) is 0 Å². The van der Waals surface area contributed by atoms with Crippen LogP contribution >= 0.6 is 0 Å². The summed E-state index contributed by atoms with van der Waals surface area (Å²) in [5, 5.41) is 3.63. The van der Waals surface area contributed by atoms with E-state index in [1.807, 2.05) is 0 Å². The fourth-order valence-corrected chi connectivity index (χ4v) is 3.11. The predicted octanol–water partition coefficient (Wildman–Crippen LogP) is 3.75. The molecule has 2 nitrogen and oxygen atoms in total. The molecule has 0 aromatic rings. The average Bonchev–Trinajstić information content (AvgIpc) is 2.38. The molecular weight excluding hydrogens is 234 g/mol. The highest BCUT2D eigenvalue weighted by Crippen LogP contribution is 2.44. The van der Waals surface area contributed by atoms with Gasteiger partial charge in [-0.1, -0.05) is 20.8 Å². The van der Waals surface area contributed by atoms with Gasteiger partial charge in [0.25, 0.3) is 0 Å². The Morgan fingerprint density at radius 3 is 2.32 bits per heavy atom. The number of hydrogen-bond donors (Lipinski definition) is 1. The second kappa shape index (κ2) is 7.31. The molecule has 0 spiro atoms. The summed E-state index contributed by atoms with van der Waals surface area (Å²) in [6, 6.07) is 0.300. The zero-order valence-corrected chi connectivity index (χ0v) is 13.2. The largest absolute Gasteiger partial charge is 0.374 e. The van der Waals surface area contributed by atoms with Crippen molar-refractivity contribution in [1.82, 2.24) is 5.32 Å². The first-order valence-corrected chi connectivity index (χ1v) is 7.80. The molecule has 1 rings (SSSR count). The first-order valence-electron chi connectivity index (χ1n) is 7.80. The summed E-state index contributed by atoms with van der Waals surface area (Å²) in [7, 11) is 0. The molecule has 0 saturated heterocycles. The third-order valence-corrected chi connectivity index (χ3v) is 4.48. The lowest BCUT2D eigenvalue weighted by atomic mass is 9.68. The highest BCUT2D eigenvalue weighted by atomic mass is 16.5. The van der Waals surface area contributed by atoms with E-state index >= 15 is 0 Å². The lowest BCUT2D eigenvalue weighted by Gasteiger charge is -2.47. The van der Waals surface area contributed by atoms with Crippen molar-refractivity contribution in [1.29, 1.82) is 0 Å². The lowest BCUT2D eigenvalue weighted by Crippen LogP contribution is -2.55. The normalized spacial score (nSPS) is 22.7. The molecule has 1 fully saturated rings. The van der Waals surface area contributed by atoms with E-state index in [2.05, 4.69) is 38.9 Å². The van der Waals surface area contributed by atoms with E-state index in [0.29, 0.717) is 11.5 Å². The highest BCUT2D eigenvalue weighted by Gasteiger charge is 2.44. The minimum absolute atomic E-state index is 0.0498. The van der Waals surface area contributed by atoms with Gasteiger partial charge in [-0.25, -0.2) is 0 Å². The van der Waals surface area contributed by atoms with Gasteiger partial charge in [-0.2, -0.15) is 0 Å². The Morgan fingerprint density at radius 2 is 1.84 bits per heavy atom. The molecule has 1 N–H and O–H groups in total. The van der Waals surface area contributed by atoms with Gasteiger partial charge in [0, 0.05) is 19.1 Å². The molecule has 0 radical (unpaired) electrons. The van der Waals surface area contributed by atoms with Crippen LogP contribution in [-0.2, 0) is 4.74 Å². The summed E-state index contributed by atoms with van der Waals surface area (Å²) in [6.45, 7) is 10.8. The summed E-state index contributed by atoms with van der Waals surface area (Å²) in [6.07, 6.45) is 12.2. The van der Waals surface area contributed by atoms with Crippen LogP contribution in [0.5, 0.6) is 0 Å². The first kappa shape index (κ1) is 16.5. The number of rotatable bonds is 7. The minimum Gasteiger partial charge on any atom is -0.374 e. The maximum atomic E-state index is 6.22. The summed E-state index contributed by atoms with van der Waals surface area (Å²) in [5.74, 6) is 2.84. The Kier molecular flexibility index (Phi) is 6.36. The van der Waals surface area contributed by atoms with Crippen molar-refractivity contribution in [2.75, 3.05) is 13.2 Å². The fraction of sp³-hybridized carbons (Fsp3) is 0.882. The van der Waals surface area contributed by atoms with Gasteiger partial charge < -0.3 is 10.1 Å². The zero-order chi connectivity index (χ0) is 14.4. The highest BCUT2D eigenvalue weighted by molar-refractivity contribution is 5.04. The van der Waals surface area contributed by atoms with Gasteiger partial charge in [0.15, 0.2) is 0 Å². The third kappa shape index (κ3) is 4.51. The van der Waals surface area contributed by atoms with Gasteiger partial charge in [0.1, 0.15) is 0 Å². The fourth-order valence-electron chi connectivity index (χ4n) is 3.11. The van der Waals surface area contributed by atoms with Gasteiger partial charge in [-0.3, -0.25) is 0 Å². The SMILES string of the molecule is C#CCC(NCCC)C1(OCC)CCC(C)(C)CC1. The monoisotopic (exact) mass is 265 g/mol. The summed E-state index contributed by atoms with van der Waals surface area (Å²) < 4.78 is 6.22. The Bertz CT molecular complexity index is 293. The maximum absolute atomic E-state index is 6.22. The van der Waals surface area contributed by atoms with Crippen molar-refractivity contribution in [2.45, 2.75) is 77.9 Å². The number of terminal acetylenes is 1. The number of nitrogens with one attached hydrogen (secondary N) is 1. The van der Waals surface area contributed by atoms with E-state index in [0.717, 1.165) is 38.8 Å². The van der Waals surface area contributed by atoms with Crippen LogP contribution in [0.25, 0.3) is 0 Å². The summed E-state index contributed by atoms with van der Waals surface area (Å²) in [5.41, 5.74) is 0.401. The molecule has 0 amide bonds. The van der Waals surface area contributed by atoms with Gasteiger partial charge in [-0.05, 0) is 51.0 Å². The van der Waals surface area contributed by atoms with E-state index in [9.17, 15) is 0 Å². The maximum Gasteiger partial charge on any atom is 0.0844 e. The van der Waals surface area contributed by atoms with Crippen LogP contribution in [0.1, 0.15) is 66.2 Å². The standard InChI is InChI=1S/C17H31NO/c1-6-9-15(18-14-7-2)17(19-8-3)12-10-16(4,5)11-13-17/h1,15,18H,7-14H2,2-5H3. The van der Waals surface area contributed by atoms with Crippen LogP contribution in [0.2, 0.25) is 0 Å². The zero-order valence-electron chi connectivity index (χ0n) is 13.2. The Balaban J connectivity index is 2.80. The van der Waals surface area contributed by atoms with E-state index in [1.54, 1.807) is 0 Å². The van der Waals surface area contributed by atoms with Gasteiger partial charge in [-0.15, -0.1) is 12.3 Å². The van der Waals surface area contributed by atoms with E-state index in [4.69, 9.17) is 11.2 Å². The molecule has 0 aliphatic heterocycles. The topological polar surface area (TPSA) is 21.3 Å². The van der Waals surface area contributed by atoms with Crippen molar-refractivity contribution in [3.63, 3.8) is 0 Å². The molecule has 0 heterocycles. The molecule has 2 heteroatoms. The molecule has 1 aliphatic carbocycles. The first-order chi connectivity index (χ1) is 8.99. The molecular formula is C17H31NO. The van der Waals surface area contributed by atoms with E-state index in [1.165, 1.54) is 12.8 Å². The van der Waals surface area contributed by atoms with E-state index in [-0.39, 0.29) is 5.60 Å². The number of hydrogen-bond acceptors (Lipinski definition) is 2. The van der Waals surface area contributed by atoms with Gasteiger partial charge >= 0.3 is 0 Å². The van der Waals surface area contributed by atoms with Crippen LogP contribution < -0.4 is 5.32 Å². The van der Waals surface area contributed by atoms with Crippen molar-refractivity contribution in [3.05, 3.63) is 0 Å². The van der Waals surface area contributed by atoms with E-state index < -0.39 is 0 Å². The lowest BCUT2D eigenvalue weighted by molar-refractivity contribution is -0.105. The van der Waals surface area contributed by atoms with Crippen molar-refractivity contribution in [3.8, 4) is 12.3 Å². The quantitative estimate of drug-likeness (QED) is 0.708. The number of ether oxygens (including phenoxy) is 1. The average molecular weight is 265 g/mol. The second-order valence-corrected chi connectivity index (χ2v) is 6.58. The summed E-state index contributed by atoms with van der Waals surface area (Å²) >= 11 is 0. The molecule has 0 bridgehead atoms. The van der Waals surface area contributed by atoms with Crippen molar-refractivity contribution in [2.24, 2.45) is 5.41 Å². The molecule has 110 valence electrons.